The van der Waals surface area contributed by atoms with E-state index in [1.165, 1.54) is 31.5 Å². The van der Waals surface area contributed by atoms with Gasteiger partial charge in [-0.1, -0.05) is 12.5 Å². The molecule has 0 saturated carbocycles. The molecule has 2 fully saturated rings. The first-order chi connectivity index (χ1) is 10.1. The second kappa shape index (κ2) is 6.27. The van der Waals surface area contributed by atoms with Crippen molar-refractivity contribution < 1.29 is 5.11 Å². The van der Waals surface area contributed by atoms with E-state index in [1.54, 1.807) is 0 Å². The molecule has 3 nitrogen and oxygen atoms in total. The number of piperazine rings is 1. The van der Waals surface area contributed by atoms with Gasteiger partial charge in [0.25, 0.3) is 0 Å². The van der Waals surface area contributed by atoms with Crippen LogP contribution in [0.15, 0.2) is 22.7 Å². The van der Waals surface area contributed by atoms with E-state index >= 15 is 0 Å². The summed E-state index contributed by atoms with van der Waals surface area (Å²) in [6.07, 6.45) is 3.64. The Morgan fingerprint density at radius 3 is 2.81 bits per heavy atom. The number of halogens is 1. The van der Waals surface area contributed by atoms with Crippen molar-refractivity contribution in [1.29, 1.82) is 0 Å². The van der Waals surface area contributed by atoms with Gasteiger partial charge in [-0.3, -0.25) is 4.90 Å². The lowest BCUT2D eigenvalue weighted by Gasteiger charge is -2.48. The Labute approximate surface area is 136 Å². The topological polar surface area (TPSA) is 26.7 Å². The zero-order valence-corrected chi connectivity index (χ0v) is 14.5. The maximum absolute atomic E-state index is 9.71. The van der Waals surface area contributed by atoms with Crippen molar-refractivity contribution in [3.8, 4) is 0 Å². The summed E-state index contributed by atoms with van der Waals surface area (Å²) >= 11 is 3.70. The van der Waals surface area contributed by atoms with Crippen molar-refractivity contribution in [3.63, 3.8) is 0 Å². The maximum atomic E-state index is 9.71. The molecule has 21 heavy (non-hydrogen) atoms. The number of benzene rings is 1. The number of hydrogen-bond donors (Lipinski definition) is 1. The van der Waals surface area contributed by atoms with E-state index in [9.17, 15) is 5.11 Å². The molecule has 0 aliphatic carbocycles. The highest BCUT2D eigenvalue weighted by atomic mass is 79.9. The second-order valence-corrected chi connectivity index (χ2v) is 7.39. The van der Waals surface area contributed by atoms with Crippen molar-refractivity contribution in [2.45, 2.75) is 51.3 Å². The van der Waals surface area contributed by atoms with Gasteiger partial charge in [0, 0.05) is 29.6 Å². The van der Waals surface area contributed by atoms with Crippen LogP contribution in [-0.2, 0) is 0 Å². The largest absolute Gasteiger partial charge is 0.389 e. The number of aliphatic hydroxyl groups is 1. The van der Waals surface area contributed by atoms with Gasteiger partial charge in [-0.15, -0.1) is 0 Å². The van der Waals surface area contributed by atoms with Crippen LogP contribution in [0.4, 0.5) is 5.69 Å². The Kier molecular flexibility index (Phi) is 4.57. The Balaban J connectivity index is 1.82. The van der Waals surface area contributed by atoms with E-state index in [4.69, 9.17) is 0 Å². The van der Waals surface area contributed by atoms with Crippen LogP contribution in [0.1, 0.15) is 44.8 Å². The summed E-state index contributed by atoms with van der Waals surface area (Å²) in [5.41, 5.74) is 2.23. The Morgan fingerprint density at radius 2 is 2.10 bits per heavy atom. The first-order valence-corrected chi connectivity index (χ1v) is 8.84. The van der Waals surface area contributed by atoms with E-state index in [0.29, 0.717) is 12.1 Å². The van der Waals surface area contributed by atoms with E-state index in [0.717, 1.165) is 23.1 Å². The number of nitrogens with zero attached hydrogens (tertiary/aromatic N) is 2. The van der Waals surface area contributed by atoms with Gasteiger partial charge < -0.3 is 10.0 Å². The number of hydrogen-bond acceptors (Lipinski definition) is 3. The number of aliphatic hydroxyl groups excluding tert-OH is 1. The minimum Gasteiger partial charge on any atom is -0.389 e. The van der Waals surface area contributed by atoms with Crippen molar-refractivity contribution >= 4 is 21.6 Å². The van der Waals surface area contributed by atoms with Gasteiger partial charge in [-0.05, 0) is 66.9 Å². The predicted molar refractivity (Wildman–Crippen MR) is 90.8 cm³/mol. The molecular weight excluding hydrogens is 328 g/mol. The minimum absolute atomic E-state index is 0.414. The summed E-state index contributed by atoms with van der Waals surface area (Å²) in [5.74, 6) is 0. The van der Waals surface area contributed by atoms with Crippen LogP contribution in [0.5, 0.6) is 0 Å². The molecule has 2 aliphatic heterocycles. The smallest absolute Gasteiger partial charge is 0.0762 e. The van der Waals surface area contributed by atoms with Crippen LogP contribution in [0.25, 0.3) is 0 Å². The molecule has 116 valence electrons. The van der Waals surface area contributed by atoms with E-state index in [-0.39, 0.29) is 0 Å². The number of fused-ring (bicyclic) bond motifs is 1. The van der Waals surface area contributed by atoms with Crippen LogP contribution >= 0.6 is 15.9 Å². The highest BCUT2D eigenvalue weighted by Gasteiger charge is 2.33. The standard InChI is InChI=1S/C17H25BrN2O/c1-12-10-19-8-4-3-5-15(19)11-20(12)17-7-6-14(13(2)21)9-16(17)18/h6-7,9,12-13,15,21H,3-5,8,10-11H2,1-2H3. The van der Waals surface area contributed by atoms with Crippen LogP contribution in [-0.4, -0.2) is 41.7 Å². The summed E-state index contributed by atoms with van der Waals surface area (Å²) in [5, 5.41) is 9.71. The predicted octanol–water partition coefficient (Wildman–Crippen LogP) is 3.57. The molecule has 0 bridgehead atoms. The third kappa shape index (κ3) is 3.13. The molecule has 2 saturated heterocycles. The molecule has 1 aromatic rings. The van der Waals surface area contributed by atoms with Crippen LogP contribution in [0.2, 0.25) is 0 Å². The molecule has 3 rings (SSSR count). The summed E-state index contributed by atoms with van der Waals surface area (Å²) in [6, 6.07) is 7.50. The molecule has 1 aromatic carbocycles. The number of anilines is 1. The average Bonchev–Trinajstić information content (AvgIpc) is 2.46. The molecule has 0 spiro atoms. The van der Waals surface area contributed by atoms with E-state index in [2.05, 4.69) is 44.8 Å². The van der Waals surface area contributed by atoms with Gasteiger partial charge in [0.2, 0.25) is 0 Å². The SMILES string of the molecule is CC(O)c1ccc(N2CC3CCCCN3CC2C)c(Br)c1. The number of piperidine rings is 1. The third-order valence-corrected chi connectivity index (χ3v) is 5.59. The highest BCUT2D eigenvalue weighted by molar-refractivity contribution is 9.10. The monoisotopic (exact) mass is 352 g/mol. The Hall–Kier alpha value is -0.580. The van der Waals surface area contributed by atoms with Crippen LogP contribution < -0.4 is 4.90 Å². The first kappa shape index (κ1) is 15.3. The van der Waals surface area contributed by atoms with Crippen molar-refractivity contribution in [1.82, 2.24) is 4.90 Å². The molecule has 1 N–H and O–H groups in total. The lowest BCUT2D eigenvalue weighted by Crippen LogP contribution is -2.58. The fourth-order valence-electron chi connectivity index (χ4n) is 3.70. The third-order valence-electron chi connectivity index (χ3n) is 4.95. The second-order valence-electron chi connectivity index (χ2n) is 6.53. The van der Waals surface area contributed by atoms with Gasteiger partial charge in [0.1, 0.15) is 0 Å². The lowest BCUT2D eigenvalue weighted by molar-refractivity contribution is 0.115. The molecule has 0 radical (unpaired) electrons. The number of rotatable bonds is 2. The zero-order valence-electron chi connectivity index (χ0n) is 12.9. The van der Waals surface area contributed by atoms with E-state index in [1.807, 2.05) is 13.0 Å². The van der Waals surface area contributed by atoms with Crippen molar-refractivity contribution in [2.75, 3.05) is 24.5 Å². The molecule has 3 unspecified atom stereocenters. The minimum atomic E-state index is -0.414. The fraction of sp³-hybridized carbons (Fsp3) is 0.647. The zero-order chi connectivity index (χ0) is 15.0. The van der Waals surface area contributed by atoms with Crippen molar-refractivity contribution in [3.05, 3.63) is 28.2 Å². The maximum Gasteiger partial charge on any atom is 0.0762 e. The lowest BCUT2D eigenvalue weighted by atomic mass is 9.96. The van der Waals surface area contributed by atoms with Gasteiger partial charge in [0.05, 0.1) is 11.8 Å². The Morgan fingerprint density at radius 1 is 1.29 bits per heavy atom. The van der Waals surface area contributed by atoms with Crippen molar-refractivity contribution in [2.24, 2.45) is 0 Å². The van der Waals surface area contributed by atoms with Crippen LogP contribution in [0.3, 0.4) is 0 Å². The molecule has 3 atom stereocenters. The van der Waals surface area contributed by atoms with Gasteiger partial charge in [0.15, 0.2) is 0 Å². The molecule has 4 heteroatoms. The van der Waals surface area contributed by atoms with Gasteiger partial charge in [-0.25, -0.2) is 0 Å². The molecular formula is C17H25BrN2O. The highest BCUT2D eigenvalue weighted by Crippen LogP contribution is 2.34. The summed E-state index contributed by atoms with van der Waals surface area (Å²) in [4.78, 5) is 5.20. The van der Waals surface area contributed by atoms with Gasteiger partial charge >= 0.3 is 0 Å². The molecule has 2 heterocycles. The fourth-order valence-corrected chi connectivity index (χ4v) is 4.33. The molecule has 0 amide bonds. The summed E-state index contributed by atoms with van der Waals surface area (Å²) in [7, 11) is 0. The summed E-state index contributed by atoms with van der Waals surface area (Å²) in [6.45, 7) is 7.68. The summed E-state index contributed by atoms with van der Waals surface area (Å²) < 4.78 is 1.09. The average molecular weight is 353 g/mol. The van der Waals surface area contributed by atoms with E-state index < -0.39 is 6.10 Å². The quantitative estimate of drug-likeness (QED) is 0.881. The first-order valence-electron chi connectivity index (χ1n) is 8.04. The normalized spacial score (nSPS) is 28.3. The molecule has 2 aliphatic rings. The van der Waals surface area contributed by atoms with Crippen LogP contribution in [0, 0.1) is 0 Å². The Bertz CT molecular complexity index is 506. The van der Waals surface area contributed by atoms with Gasteiger partial charge in [-0.2, -0.15) is 0 Å². The molecule has 0 aromatic heterocycles.